The van der Waals surface area contributed by atoms with Gasteiger partial charge in [-0.05, 0) is 48.6 Å². The van der Waals surface area contributed by atoms with Crippen LogP contribution >= 0.6 is 0 Å². The first kappa shape index (κ1) is 18.7. The maximum atomic E-state index is 12.6. The van der Waals surface area contributed by atoms with Gasteiger partial charge in [0, 0.05) is 11.1 Å². The summed E-state index contributed by atoms with van der Waals surface area (Å²) < 4.78 is 6.02. The Labute approximate surface area is 168 Å². The first-order chi connectivity index (χ1) is 14.1. The maximum absolute atomic E-state index is 12.6. The molecule has 0 heterocycles. The summed E-state index contributed by atoms with van der Waals surface area (Å²) >= 11 is 0. The predicted octanol–water partition coefficient (Wildman–Crippen LogP) is 5.24. The van der Waals surface area contributed by atoms with Gasteiger partial charge in [0.2, 0.25) is 5.91 Å². The molecule has 4 rings (SSSR count). The molecule has 0 aromatic heterocycles. The highest BCUT2D eigenvalue weighted by Crippen LogP contribution is 2.31. The van der Waals surface area contributed by atoms with E-state index in [4.69, 9.17) is 4.74 Å². The monoisotopic (exact) mass is 387 g/mol. The number of carbonyl (C=O) groups excluding carboxylic acids is 1. The van der Waals surface area contributed by atoms with Crippen LogP contribution in [-0.2, 0) is 9.59 Å². The molecule has 0 fully saturated rings. The largest absolute Gasteiger partial charge is 0.481 e. The maximum Gasteiger partial charge on any atom is 0.307 e. The van der Waals surface area contributed by atoms with Gasteiger partial charge in [-0.2, -0.15) is 0 Å². The Morgan fingerprint density at radius 2 is 1.55 bits per heavy atom. The van der Waals surface area contributed by atoms with E-state index in [0.717, 1.165) is 16.5 Å². The Bertz CT molecular complexity index is 1070. The average molecular weight is 387 g/mol. The number of anilines is 1. The zero-order chi connectivity index (χ0) is 20.2. The second-order valence-electron chi connectivity index (χ2n) is 7.09. The number of nitrogens with one attached hydrogen (secondary N) is 1. The molecule has 0 bridgehead atoms. The molecule has 0 spiro atoms. The van der Waals surface area contributed by atoms with E-state index in [1.54, 1.807) is 24.3 Å². The number of allylic oxidation sites excluding steroid dienone is 2. The van der Waals surface area contributed by atoms with Crippen LogP contribution in [0.15, 0.2) is 78.9 Å². The number of ether oxygens (including phenoxy) is 1. The van der Waals surface area contributed by atoms with Crippen molar-refractivity contribution in [1.82, 2.24) is 0 Å². The van der Waals surface area contributed by atoms with Crippen LogP contribution in [0.5, 0.6) is 11.5 Å². The summed E-state index contributed by atoms with van der Waals surface area (Å²) in [5, 5.41) is 14.3. The summed E-state index contributed by atoms with van der Waals surface area (Å²) in [6.07, 6.45) is 4.50. The Kier molecular flexibility index (Phi) is 5.29. The summed E-state index contributed by atoms with van der Waals surface area (Å²) in [6, 6.07) is 21.0. The predicted molar refractivity (Wildman–Crippen MR) is 112 cm³/mol. The van der Waals surface area contributed by atoms with Crippen LogP contribution in [0.1, 0.15) is 12.8 Å². The van der Waals surface area contributed by atoms with Gasteiger partial charge in [0.05, 0.1) is 11.8 Å². The molecule has 3 aromatic carbocycles. The van der Waals surface area contributed by atoms with Crippen molar-refractivity contribution in [2.45, 2.75) is 12.8 Å². The van der Waals surface area contributed by atoms with Gasteiger partial charge in [-0.1, -0.05) is 48.6 Å². The average Bonchev–Trinajstić information content (AvgIpc) is 2.75. The molecule has 0 radical (unpaired) electrons. The smallest absolute Gasteiger partial charge is 0.307 e. The van der Waals surface area contributed by atoms with E-state index in [9.17, 15) is 14.7 Å². The number of rotatable bonds is 5. The normalized spacial score (nSPS) is 18.3. The van der Waals surface area contributed by atoms with Crippen molar-refractivity contribution in [2.75, 3.05) is 5.32 Å². The van der Waals surface area contributed by atoms with E-state index in [2.05, 4.69) is 5.32 Å². The van der Waals surface area contributed by atoms with Crippen LogP contribution in [0.4, 0.5) is 5.69 Å². The molecule has 3 aromatic rings. The molecular formula is C24H21NO4. The van der Waals surface area contributed by atoms with Crippen LogP contribution in [0.3, 0.4) is 0 Å². The first-order valence-corrected chi connectivity index (χ1v) is 9.56. The van der Waals surface area contributed by atoms with Gasteiger partial charge in [-0.15, -0.1) is 0 Å². The third-order valence-corrected chi connectivity index (χ3v) is 5.19. The minimum absolute atomic E-state index is 0.274. The quantitative estimate of drug-likeness (QED) is 0.587. The van der Waals surface area contributed by atoms with Crippen molar-refractivity contribution in [3.8, 4) is 11.5 Å². The van der Waals surface area contributed by atoms with E-state index in [0.29, 0.717) is 24.3 Å². The van der Waals surface area contributed by atoms with Gasteiger partial charge < -0.3 is 15.2 Å². The minimum Gasteiger partial charge on any atom is -0.481 e. The zero-order valence-electron chi connectivity index (χ0n) is 15.7. The summed E-state index contributed by atoms with van der Waals surface area (Å²) in [6.45, 7) is 0. The second kappa shape index (κ2) is 8.19. The van der Waals surface area contributed by atoms with Gasteiger partial charge in [-0.25, -0.2) is 0 Å². The molecule has 29 heavy (non-hydrogen) atoms. The number of hydrogen-bond acceptors (Lipinski definition) is 3. The third-order valence-electron chi connectivity index (χ3n) is 5.19. The van der Waals surface area contributed by atoms with Crippen LogP contribution < -0.4 is 10.1 Å². The number of amides is 1. The number of fused-ring (bicyclic) bond motifs is 1. The Morgan fingerprint density at radius 3 is 2.31 bits per heavy atom. The molecule has 5 heteroatoms. The lowest BCUT2D eigenvalue weighted by Crippen LogP contribution is -2.34. The molecule has 0 saturated heterocycles. The molecule has 0 unspecified atom stereocenters. The van der Waals surface area contributed by atoms with Gasteiger partial charge in [0.25, 0.3) is 0 Å². The summed E-state index contributed by atoms with van der Waals surface area (Å²) in [5.41, 5.74) is 0.610. The van der Waals surface area contributed by atoms with Crippen molar-refractivity contribution in [2.24, 2.45) is 11.8 Å². The van der Waals surface area contributed by atoms with Crippen molar-refractivity contribution in [1.29, 1.82) is 0 Å². The Morgan fingerprint density at radius 1 is 0.862 bits per heavy atom. The Balaban J connectivity index is 1.46. The highest BCUT2D eigenvalue weighted by Gasteiger charge is 2.33. The van der Waals surface area contributed by atoms with Crippen molar-refractivity contribution in [3.63, 3.8) is 0 Å². The zero-order valence-corrected chi connectivity index (χ0v) is 15.7. The number of carboxylic acids is 1. The van der Waals surface area contributed by atoms with E-state index in [1.165, 1.54) is 0 Å². The fourth-order valence-corrected chi connectivity index (χ4v) is 3.63. The number of carbonyl (C=O) groups is 2. The molecule has 2 atom stereocenters. The number of hydrogen-bond donors (Lipinski definition) is 2. The lowest BCUT2D eigenvalue weighted by molar-refractivity contribution is -0.146. The lowest BCUT2D eigenvalue weighted by atomic mass is 9.82. The number of carboxylic acid groups (broad SMARTS) is 1. The fraction of sp³-hybridized carbons (Fsp3) is 0.167. The highest BCUT2D eigenvalue weighted by atomic mass is 16.5. The van der Waals surface area contributed by atoms with Crippen LogP contribution in [0, 0.1) is 11.8 Å². The number of benzene rings is 3. The summed E-state index contributed by atoms with van der Waals surface area (Å²) in [7, 11) is 0. The first-order valence-electron chi connectivity index (χ1n) is 9.56. The van der Waals surface area contributed by atoms with Crippen molar-refractivity contribution >= 4 is 28.3 Å². The van der Waals surface area contributed by atoms with E-state index < -0.39 is 17.8 Å². The standard InChI is InChI=1S/C24H21NO4/c26-23(20-9-3-4-10-21(20)24(27)28)25-17-12-14-18(15-13-17)29-22-11-5-7-16-6-1-2-8-19(16)22/h1-8,11-15,20-21H,9-10H2,(H,25,26)(H,27,28)/t20-,21-/m0/s1. The molecule has 2 N–H and O–H groups in total. The Hall–Kier alpha value is -3.60. The molecule has 1 aliphatic carbocycles. The summed E-state index contributed by atoms with van der Waals surface area (Å²) in [4.78, 5) is 24.0. The van der Waals surface area contributed by atoms with E-state index in [-0.39, 0.29) is 5.91 Å². The highest BCUT2D eigenvalue weighted by molar-refractivity contribution is 5.95. The number of aliphatic carboxylic acids is 1. The van der Waals surface area contributed by atoms with Gasteiger partial charge in [-0.3, -0.25) is 9.59 Å². The molecule has 1 aliphatic rings. The minimum atomic E-state index is -0.937. The second-order valence-corrected chi connectivity index (χ2v) is 7.09. The molecule has 1 amide bonds. The van der Waals surface area contributed by atoms with Gasteiger partial charge in [0.15, 0.2) is 0 Å². The third kappa shape index (κ3) is 4.14. The lowest BCUT2D eigenvalue weighted by Gasteiger charge is -2.24. The van der Waals surface area contributed by atoms with Crippen LogP contribution in [0.2, 0.25) is 0 Å². The van der Waals surface area contributed by atoms with Crippen LogP contribution in [0.25, 0.3) is 10.8 Å². The topological polar surface area (TPSA) is 75.6 Å². The molecule has 5 nitrogen and oxygen atoms in total. The van der Waals surface area contributed by atoms with E-state index >= 15 is 0 Å². The molecule has 0 saturated carbocycles. The van der Waals surface area contributed by atoms with Crippen LogP contribution in [-0.4, -0.2) is 17.0 Å². The van der Waals surface area contributed by atoms with Gasteiger partial charge in [0.1, 0.15) is 11.5 Å². The van der Waals surface area contributed by atoms with Crippen molar-refractivity contribution in [3.05, 3.63) is 78.9 Å². The molecular weight excluding hydrogens is 366 g/mol. The van der Waals surface area contributed by atoms with Gasteiger partial charge >= 0.3 is 5.97 Å². The summed E-state index contributed by atoms with van der Waals surface area (Å²) in [5.74, 6) is -1.04. The molecule has 0 aliphatic heterocycles. The van der Waals surface area contributed by atoms with Crippen molar-refractivity contribution < 1.29 is 19.4 Å². The van der Waals surface area contributed by atoms with E-state index in [1.807, 2.05) is 54.6 Å². The SMILES string of the molecule is O=C(O)[C@H]1CC=CC[C@@H]1C(=O)Nc1ccc(Oc2cccc3ccccc23)cc1. The molecule has 146 valence electrons. The fourth-order valence-electron chi connectivity index (χ4n) is 3.63.